The van der Waals surface area contributed by atoms with Crippen LogP contribution in [0.4, 0.5) is 10.1 Å². The van der Waals surface area contributed by atoms with Crippen molar-refractivity contribution in [3.63, 3.8) is 0 Å². The van der Waals surface area contributed by atoms with Crippen LogP contribution in [0, 0.1) is 5.82 Å². The number of pyridine rings is 1. The molecule has 4 nitrogen and oxygen atoms in total. The van der Waals surface area contributed by atoms with Crippen molar-refractivity contribution in [2.24, 2.45) is 0 Å². The minimum absolute atomic E-state index is 0.135. The van der Waals surface area contributed by atoms with Gasteiger partial charge in [0.05, 0.1) is 5.56 Å². The summed E-state index contributed by atoms with van der Waals surface area (Å²) in [6, 6.07) is 9.74. The highest BCUT2D eigenvalue weighted by molar-refractivity contribution is 5.93. The summed E-state index contributed by atoms with van der Waals surface area (Å²) < 4.78 is 12.9. The second kappa shape index (κ2) is 7.23. The summed E-state index contributed by atoms with van der Waals surface area (Å²) in [6.45, 7) is 1.22. The SMILES string of the molecule is O=C(NCCCNc1cccc(F)c1)c1cccnc1. The zero-order chi connectivity index (χ0) is 14.2. The molecule has 0 unspecified atom stereocenters. The summed E-state index contributed by atoms with van der Waals surface area (Å²) in [5, 5.41) is 5.90. The van der Waals surface area contributed by atoms with Gasteiger partial charge in [0.15, 0.2) is 0 Å². The number of halogens is 1. The number of benzene rings is 1. The Labute approximate surface area is 117 Å². The van der Waals surface area contributed by atoms with E-state index in [1.807, 2.05) is 0 Å². The molecule has 0 aliphatic rings. The van der Waals surface area contributed by atoms with Gasteiger partial charge < -0.3 is 10.6 Å². The molecule has 1 heterocycles. The Hall–Kier alpha value is -2.43. The van der Waals surface area contributed by atoms with Crippen LogP contribution in [0.5, 0.6) is 0 Å². The van der Waals surface area contributed by atoms with Gasteiger partial charge in [-0.1, -0.05) is 6.07 Å². The number of nitrogens with one attached hydrogen (secondary N) is 2. The van der Waals surface area contributed by atoms with Gasteiger partial charge in [-0.15, -0.1) is 0 Å². The largest absolute Gasteiger partial charge is 0.385 e. The van der Waals surface area contributed by atoms with Crippen LogP contribution < -0.4 is 10.6 Å². The first-order valence-corrected chi connectivity index (χ1v) is 6.43. The standard InChI is InChI=1S/C15H16FN3O/c16-13-5-1-6-14(10-13)18-8-3-9-19-15(20)12-4-2-7-17-11-12/h1-2,4-7,10-11,18H,3,8-9H2,(H,19,20). The molecule has 0 saturated carbocycles. The molecule has 20 heavy (non-hydrogen) atoms. The van der Waals surface area contributed by atoms with Crippen molar-refractivity contribution in [3.05, 3.63) is 60.2 Å². The smallest absolute Gasteiger partial charge is 0.252 e. The van der Waals surface area contributed by atoms with Crippen molar-refractivity contribution >= 4 is 11.6 Å². The maximum absolute atomic E-state index is 12.9. The van der Waals surface area contributed by atoms with E-state index >= 15 is 0 Å². The molecule has 0 radical (unpaired) electrons. The number of amides is 1. The van der Waals surface area contributed by atoms with E-state index < -0.39 is 0 Å². The molecule has 0 saturated heterocycles. The lowest BCUT2D eigenvalue weighted by Crippen LogP contribution is -2.25. The van der Waals surface area contributed by atoms with E-state index in [0.717, 1.165) is 12.1 Å². The van der Waals surface area contributed by atoms with E-state index in [1.54, 1.807) is 30.5 Å². The Balaban J connectivity index is 1.66. The average Bonchev–Trinajstić information content (AvgIpc) is 2.48. The van der Waals surface area contributed by atoms with Crippen LogP contribution >= 0.6 is 0 Å². The molecule has 0 fully saturated rings. The van der Waals surface area contributed by atoms with Gasteiger partial charge in [0, 0.05) is 31.2 Å². The van der Waals surface area contributed by atoms with Gasteiger partial charge in [-0.3, -0.25) is 9.78 Å². The lowest BCUT2D eigenvalue weighted by molar-refractivity contribution is 0.0953. The maximum Gasteiger partial charge on any atom is 0.252 e. The van der Waals surface area contributed by atoms with Crippen LogP contribution in [-0.4, -0.2) is 24.0 Å². The van der Waals surface area contributed by atoms with Gasteiger partial charge in [0.1, 0.15) is 5.82 Å². The number of nitrogens with zero attached hydrogens (tertiary/aromatic N) is 1. The van der Waals surface area contributed by atoms with Gasteiger partial charge in [0.25, 0.3) is 5.91 Å². The molecule has 2 N–H and O–H groups in total. The maximum atomic E-state index is 12.9. The molecule has 1 aromatic heterocycles. The molecule has 0 bridgehead atoms. The van der Waals surface area contributed by atoms with E-state index in [9.17, 15) is 9.18 Å². The predicted octanol–water partition coefficient (Wildman–Crippen LogP) is 2.45. The van der Waals surface area contributed by atoms with Crippen molar-refractivity contribution < 1.29 is 9.18 Å². The first-order valence-electron chi connectivity index (χ1n) is 6.43. The third kappa shape index (κ3) is 4.35. The van der Waals surface area contributed by atoms with Crippen molar-refractivity contribution in [1.29, 1.82) is 0 Å². The third-order valence-electron chi connectivity index (χ3n) is 2.72. The predicted molar refractivity (Wildman–Crippen MR) is 76.1 cm³/mol. The van der Waals surface area contributed by atoms with E-state index in [-0.39, 0.29) is 11.7 Å². The highest BCUT2D eigenvalue weighted by atomic mass is 19.1. The molecular formula is C15H16FN3O. The van der Waals surface area contributed by atoms with Gasteiger partial charge in [0.2, 0.25) is 0 Å². The molecule has 2 rings (SSSR count). The summed E-state index contributed by atoms with van der Waals surface area (Å²) in [7, 11) is 0. The molecule has 0 spiro atoms. The highest BCUT2D eigenvalue weighted by Crippen LogP contribution is 2.08. The topological polar surface area (TPSA) is 54.0 Å². The number of carbonyl (C=O) groups excluding carboxylic acids is 1. The first-order chi connectivity index (χ1) is 9.75. The Morgan fingerprint density at radius 3 is 2.85 bits per heavy atom. The van der Waals surface area contributed by atoms with Gasteiger partial charge in [-0.05, 0) is 36.8 Å². The number of anilines is 1. The van der Waals surface area contributed by atoms with Crippen LogP contribution in [0.1, 0.15) is 16.8 Å². The molecule has 0 atom stereocenters. The molecule has 1 amide bonds. The molecular weight excluding hydrogens is 257 g/mol. The van der Waals surface area contributed by atoms with E-state index in [2.05, 4.69) is 15.6 Å². The molecule has 0 aliphatic carbocycles. The van der Waals surface area contributed by atoms with Crippen LogP contribution in [0.15, 0.2) is 48.8 Å². The van der Waals surface area contributed by atoms with Gasteiger partial charge >= 0.3 is 0 Å². The molecule has 104 valence electrons. The number of carbonyl (C=O) groups is 1. The fraction of sp³-hybridized carbons (Fsp3) is 0.200. The van der Waals surface area contributed by atoms with Gasteiger partial charge in [-0.2, -0.15) is 0 Å². The zero-order valence-electron chi connectivity index (χ0n) is 11.0. The van der Waals surface area contributed by atoms with Crippen molar-refractivity contribution in [2.75, 3.05) is 18.4 Å². The number of hydrogen-bond donors (Lipinski definition) is 2. The van der Waals surface area contributed by atoms with Gasteiger partial charge in [-0.25, -0.2) is 4.39 Å². The summed E-state index contributed by atoms with van der Waals surface area (Å²) in [5.74, 6) is -0.399. The minimum atomic E-state index is -0.264. The second-order valence-electron chi connectivity index (χ2n) is 4.29. The second-order valence-corrected chi connectivity index (χ2v) is 4.29. The molecule has 5 heteroatoms. The summed E-state index contributed by atoms with van der Waals surface area (Å²) in [5.41, 5.74) is 1.29. The highest BCUT2D eigenvalue weighted by Gasteiger charge is 2.03. The Kier molecular flexibility index (Phi) is 5.06. The normalized spacial score (nSPS) is 10.1. The van der Waals surface area contributed by atoms with Crippen LogP contribution in [0.3, 0.4) is 0 Å². The average molecular weight is 273 g/mol. The Morgan fingerprint density at radius 1 is 1.20 bits per heavy atom. The van der Waals surface area contributed by atoms with E-state index in [0.29, 0.717) is 18.7 Å². The summed E-state index contributed by atoms with van der Waals surface area (Å²) >= 11 is 0. The number of rotatable bonds is 6. The van der Waals surface area contributed by atoms with Crippen LogP contribution in [-0.2, 0) is 0 Å². The quantitative estimate of drug-likeness (QED) is 0.795. The monoisotopic (exact) mass is 273 g/mol. The van der Waals surface area contributed by atoms with Crippen LogP contribution in [0.2, 0.25) is 0 Å². The fourth-order valence-corrected chi connectivity index (χ4v) is 1.72. The Bertz CT molecular complexity index is 560. The molecule has 1 aromatic carbocycles. The lowest BCUT2D eigenvalue weighted by atomic mass is 10.2. The van der Waals surface area contributed by atoms with Crippen molar-refractivity contribution in [3.8, 4) is 0 Å². The molecule has 2 aromatic rings. The fourth-order valence-electron chi connectivity index (χ4n) is 1.72. The van der Waals surface area contributed by atoms with E-state index in [4.69, 9.17) is 0 Å². The van der Waals surface area contributed by atoms with Crippen molar-refractivity contribution in [2.45, 2.75) is 6.42 Å². The zero-order valence-corrected chi connectivity index (χ0v) is 11.0. The summed E-state index contributed by atoms with van der Waals surface area (Å²) in [4.78, 5) is 15.6. The number of hydrogen-bond acceptors (Lipinski definition) is 3. The minimum Gasteiger partial charge on any atom is -0.385 e. The first kappa shape index (κ1) is 14.0. The van der Waals surface area contributed by atoms with E-state index in [1.165, 1.54) is 18.3 Å². The van der Waals surface area contributed by atoms with Crippen LogP contribution in [0.25, 0.3) is 0 Å². The Morgan fingerprint density at radius 2 is 2.10 bits per heavy atom. The number of aromatic nitrogens is 1. The molecule has 0 aliphatic heterocycles. The lowest BCUT2D eigenvalue weighted by Gasteiger charge is -2.07. The third-order valence-corrected chi connectivity index (χ3v) is 2.72. The summed E-state index contributed by atoms with van der Waals surface area (Å²) in [6.07, 6.45) is 3.91. The van der Waals surface area contributed by atoms with Crippen molar-refractivity contribution in [1.82, 2.24) is 10.3 Å².